The number of nitrogens with one attached hydrogen (secondary N) is 3. The van der Waals surface area contributed by atoms with E-state index in [0.29, 0.717) is 31.6 Å². The summed E-state index contributed by atoms with van der Waals surface area (Å²) < 4.78 is 0. The molecule has 7 N–H and O–H groups in total. The molecule has 3 aromatic carbocycles. The Hall–Kier alpha value is -3.10. The minimum absolute atomic E-state index is 0. The lowest BCUT2D eigenvalue weighted by molar-refractivity contribution is -0.105. The van der Waals surface area contributed by atoms with E-state index in [1.165, 1.54) is 11.6 Å². The van der Waals surface area contributed by atoms with Gasteiger partial charge >= 0.3 is 0 Å². The Bertz CT molecular complexity index is 987. The van der Waals surface area contributed by atoms with Crippen LogP contribution in [0.1, 0.15) is 28.8 Å². The number of aromatic hydroxyl groups is 1. The third kappa shape index (κ3) is 8.07. The number of carbonyl (C=O) groups is 1. The number of phenols is 1. The highest BCUT2D eigenvalue weighted by Crippen LogP contribution is 2.26. The fraction of sp³-hybridized carbons (Fsp3) is 0.240. The van der Waals surface area contributed by atoms with Crippen molar-refractivity contribution in [1.82, 2.24) is 5.32 Å². The van der Waals surface area contributed by atoms with Crippen LogP contribution >= 0.6 is 12.4 Å². The zero-order valence-electron chi connectivity index (χ0n) is 18.3. The van der Waals surface area contributed by atoms with E-state index >= 15 is 0 Å². The Morgan fingerprint density at radius 3 is 2.36 bits per heavy atom. The van der Waals surface area contributed by atoms with E-state index in [2.05, 4.69) is 28.1 Å². The van der Waals surface area contributed by atoms with E-state index in [4.69, 9.17) is 5.73 Å². The SMILES string of the molecule is Cl.N[C@@H](CNc1ccc(CCNC[C@H](O)c2ccc(O)c(NC=O)c2)cc1)c1ccccc1. The highest BCUT2D eigenvalue weighted by molar-refractivity contribution is 5.85. The van der Waals surface area contributed by atoms with Gasteiger partial charge in [-0.1, -0.05) is 48.5 Å². The number of phenolic OH excluding ortho intramolecular Hbond substituents is 1. The quantitative estimate of drug-likeness (QED) is 0.137. The van der Waals surface area contributed by atoms with Crippen molar-refractivity contribution >= 4 is 30.2 Å². The van der Waals surface area contributed by atoms with E-state index in [-0.39, 0.29) is 29.9 Å². The third-order valence-electron chi connectivity index (χ3n) is 5.26. The number of anilines is 2. The Kier molecular flexibility index (Phi) is 10.7. The molecule has 0 unspecified atom stereocenters. The zero-order valence-corrected chi connectivity index (χ0v) is 19.1. The maximum atomic E-state index is 10.6. The maximum absolute atomic E-state index is 10.6. The first-order valence-electron chi connectivity index (χ1n) is 10.6. The lowest BCUT2D eigenvalue weighted by Crippen LogP contribution is -2.23. The van der Waals surface area contributed by atoms with Gasteiger partial charge in [0, 0.05) is 24.8 Å². The van der Waals surface area contributed by atoms with Crippen molar-refractivity contribution in [2.45, 2.75) is 18.6 Å². The summed E-state index contributed by atoms with van der Waals surface area (Å²) in [5.41, 5.74) is 10.4. The van der Waals surface area contributed by atoms with Crippen LogP contribution in [0.5, 0.6) is 5.75 Å². The summed E-state index contributed by atoms with van der Waals surface area (Å²) in [6.45, 7) is 1.73. The predicted molar refractivity (Wildman–Crippen MR) is 135 cm³/mol. The number of aliphatic hydroxyl groups is 1. The average molecular weight is 471 g/mol. The first-order valence-corrected chi connectivity index (χ1v) is 10.6. The Morgan fingerprint density at radius 1 is 0.939 bits per heavy atom. The molecule has 0 spiro atoms. The number of nitrogens with two attached hydrogens (primary N) is 1. The van der Waals surface area contributed by atoms with Crippen LogP contribution in [0.4, 0.5) is 11.4 Å². The van der Waals surface area contributed by atoms with Gasteiger partial charge in [-0.25, -0.2) is 0 Å². The number of hydrogen-bond donors (Lipinski definition) is 6. The molecule has 0 saturated heterocycles. The van der Waals surface area contributed by atoms with Gasteiger partial charge in [-0.3, -0.25) is 4.79 Å². The van der Waals surface area contributed by atoms with E-state index in [1.54, 1.807) is 12.1 Å². The van der Waals surface area contributed by atoms with Crippen LogP contribution in [0, 0.1) is 0 Å². The highest BCUT2D eigenvalue weighted by Gasteiger charge is 2.10. The molecule has 0 aromatic heterocycles. The maximum Gasteiger partial charge on any atom is 0.211 e. The number of amides is 1. The van der Waals surface area contributed by atoms with Crippen molar-refractivity contribution in [3.05, 3.63) is 89.5 Å². The van der Waals surface area contributed by atoms with Crippen molar-refractivity contribution in [2.24, 2.45) is 5.73 Å². The van der Waals surface area contributed by atoms with E-state index in [0.717, 1.165) is 17.7 Å². The second-order valence-corrected chi connectivity index (χ2v) is 7.60. The molecule has 2 atom stereocenters. The molecule has 0 aliphatic rings. The largest absolute Gasteiger partial charge is 0.506 e. The van der Waals surface area contributed by atoms with Gasteiger partial charge in [0.1, 0.15) is 5.75 Å². The number of halogens is 1. The molecule has 3 aromatic rings. The van der Waals surface area contributed by atoms with Gasteiger partial charge < -0.3 is 31.9 Å². The third-order valence-corrected chi connectivity index (χ3v) is 5.26. The topological polar surface area (TPSA) is 120 Å². The summed E-state index contributed by atoms with van der Waals surface area (Å²) in [7, 11) is 0. The van der Waals surface area contributed by atoms with Crippen LogP contribution in [0.2, 0.25) is 0 Å². The lowest BCUT2D eigenvalue weighted by Gasteiger charge is -2.15. The second kappa shape index (κ2) is 13.4. The summed E-state index contributed by atoms with van der Waals surface area (Å²) in [6, 6.07) is 22.8. The van der Waals surface area contributed by atoms with Gasteiger partial charge in [-0.2, -0.15) is 0 Å². The molecule has 0 heterocycles. The molecule has 1 amide bonds. The predicted octanol–water partition coefficient (Wildman–Crippen LogP) is 3.36. The first-order chi connectivity index (χ1) is 15.6. The zero-order chi connectivity index (χ0) is 22.8. The van der Waals surface area contributed by atoms with Gasteiger partial charge in [-0.05, 0) is 53.9 Å². The van der Waals surface area contributed by atoms with Gasteiger partial charge in [0.15, 0.2) is 0 Å². The Balaban J connectivity index is 0.00000385. The molecule has 3 rings (SSSR count). The average Bonchev–Trinajstić information content (AvgIpc) is 2.83. The standard InChI is InChI=1S/C25H30N4O3.ClH/c26-22(19-4-2-1-3-5-19)15-28-21-9-6-18(7-10-21)12-13-27-16-25(32)20-8-11-24(31)23(14-20)29-17-30;/h1-11,14,17,22,25,27-28,31-32H,12-13,15-16,26H2,(H,29,30);1H/t22-,25-;/m0./s1. The minimum Gasteiger partial charge on any atom is -0.506 e. The molecular weight excluding hydrogens is 440 g/mol. The van der Waals surface area contributed by atoms with Crippen LogP contribution < -0.4 is 21.7 Å². The molecule has 0 fully saturated rings. The van der Waals surface area contributed by atoms with Crippen LogP contribution in [0.15, 0.2) is 72.8 Å². The van der Waals surface area contributed by atoms with Gasteiger partial charge in [0.05, 0.1) is 11.8 Å². The Morgan fingerprint density at radius 2 is 1.67 bits per heavy atom. The smallest absolute Gasteiger partial charge is 0.211 e. The van der Waals surface area contributed by atoms with Gasteiger partial charge in [-0.15, -0.1) is 12.4 Å². The molecule has 0 saturated carbocycles. The van der Waals surface area contributed by atoms with E-state index < -0.39 is 6.10 Å². The number of benzene rings is 3. The van der Waals surface area contributed by atoms with Crippen molar-refractivity contribution in [3.8, 4) is 5.75 Å². The normalized spacial score (nSPS) is 12.3. The molecular formula is C25H31ClN4O3. The lowest BCUT2D eigenvalue weighted by atomic mass is 10.1. The second-order valence-electron chi connectivity index (χ2n) is 7.60. The molecule has 0 aliphatic carbocycles. The molecule has 0 radical (unpaired) electrons. The first kappa shape index (κ1) is 26.2. The molecule has 0 aliphatic heterocycles. The number of rotatable bonds is 12. The molecule has 176 valence electrons. The Labute approximate surface area is 200 Å². The summed E-state index contributed by atoms with van der Waals surface area (Å²) in [5.74, 6) is -0.0407. The van der Waals surface area contributed by atoms with Crippen LogP contribution in [-0.4, -0.2) is 36.3 Å². The monoisotopic (exact) mass is 470 g/mol. The minimum atomic E-state index is -0.747. The van der Waals surface area contributed by atoms with E-state index in [9.17, 15) is 15.0 Å². The number of aliphatic hydroxyl groups excluding tert-OH is 1. The summed E-state index contributed by atoms with van der Waals surface area (Å²) in [4.78, 5) is 10.6. The molecule has 33 heavy (non-hydrogen) atoms. The van der Waals surface area contributed by atoms with Crippen molar-refractivity contribution < 1.29 is 15.0 Å². The fourth-order valence-electron chi connectivity index (χ4n) is 3.36. The summed E-state index contributed by atoms with van der Waals surface area (Å²) in [6.07, 6.45) is 0.564. The molecule has 7 nitrogen and oxygen atoms in total. The molecule has 8 heteroatoms. The van der Waals surface area contributed by atoms with Crippen molar-refractivity contribution in [2.75, 3.05) is 30.3 Å². The highest BCUT2D eigenvalue weighted by atomic mass is 35.5. The van der Waals surface area contributed by atoms with Gasteiger partial charge in [0.25, 0.3) is 0 Å². The van der Waals surface area contributed by atoms with Crippen molar-refractivity contribution in [3.63, 3.8) is 0 Å². The van der Waals surface area contributed by atoms with Crippen LogP contribution in [0.3, 0.4) is 0 Å². The fourth-order valence-corrected chi connectivity index (χ4v) is 3.36. The number of carbonyl (C=O) groups excluding carboxylic acids is 1. The summed E-state index contributed by atoms with van der Waals surface area (Å²) >= 11 is 0. The number of hydrogen-bond acceptors (Lipinski definition) is 6. The molecule has 0 bridgehead atoms. The van der Waals surface area contributed by atoms with Crippen LogP contribution in [0.25, 0.3) is 0 Å². The van der Waals surface area contributed by atoms with Gasteiger partial charge in [0.2, 0.25) is 6.41 Å². The van der Waals surface area contributed by atoms with Crippen molar-refractivity contribution in [1.29, 1.82) is 0 Å². The van der Waals surface area contributed by atoms with E-state index in [1.807, 2.05) is 42.5 Å². The summed E-state index contributed by atoms with van der Waals surface area (Å²) in [5, 5.41) is 29.1. The van der Waals surface area contributed by atoms with Crippen LogP contribution in [-0.2, 0) is 11.2 Å².